The summed E-state index contributed by atoms with van der Waals surface area (Å²) in [5.74, 6) is 1.16. The maximum Gasteiger partial charge on any atom is 0.291 e. The number of ether oxygens (including phenoxy) is 2. The molecule has 0 bridgehead atoms. The van der Waals surface area contributed by atoms with E-state index in [-0.39, 0.29) is 18.3 Å². The van der Waals surface area contributed by atoms with Crippen LogP contribution in [0.25, 0.3) is 0 Å². The van der Waals surface area contributed by atoms with Gasteiger partial charge in [-0.05, 0) is 31.2 Å². The molecule has 2 amide bonds. The van der Waals surface area contributed by atoms with E-state index in [1.807, 2.05) is 19.1 Å². The van der Waals surface area contributed by atoms with Gasteiger partial charge in [-0.3, -0.25) is 14.3 Å². The van der Waals surface area contributed by atoms with Crippen molar-refractivity contribution in [2.45, 2.75) is 20.1 Å². The van der Waals surface area contributed by atoms with Gasteiger partial charge in [0.1, 0.15) is 29.6 Å². The fourth-order valence-corrected chi connectivity index (χ4v) is 2.76. The summed E-state index contributed by atoms with van der Waals surface area (Å²) in [6.07, 6.45) is 1.45. The second-order valence-corrected chi connectivity index (χ2v) is 6.61. The molecule has 0 aliphatic heterocycles. The van der Waals surface area contributed by atoms with Crippen LogP contribution in [0.4, 0.5) is 5.69 Å². The predicted molar refractivity (Wildman–Crippen MR) is 110 cm³/mol. The Labute approximate surface area is 174 Å². The molecule has 1 aromatic carbocycles. The van der Waals surface area contributed by atoms with Gasteiger partial charge in [-0.2, -0.15) is 5.10 Å². The molecule has 0 unspecified atom stereocenters. The fourth-order valence-electron chi connectivity index (χ4n) is 2.76. The zero-order chi connectivity index (χ0) is 21.7. The van der Waals surface area contributed by atoms with E-state index in [1.54, 1.807) is 45.5 Å². The lowest BCUT2D eigenvalue weighted by Gasteiger charge is -2.13. The van der Waals surface area contributed by atoms with Crippen molar-refractivity contribution in [3.05, 3.63) is 59.8 Å². The number of rotatable bonds is 8. The topological polar surface area (TPSA) is 98.8 Å². The van der Waals surface area contributed by atoms with Crippen molar-refractivity contribution in [2.24, 2.45) is 0 Å². The standard InChI is InChI=1S/C21H24N4O5/c1-5-25-19(21(27)24(2)3)17(12-22-25)23-20(26)18-10-9-16(30-18)13-29-15-8-6-7-14(11-15)28-4/h6-12H,5,13H2,1-4H3,(H,23,26). The van der Waals surface area contributed by atoms with Gasteiger partial charge in [-0.25, -0.2) is 0 Å². The number of carbonyl (C=O) groups is 2. The zero-order valence-electron chi connectivity index (χ0n) is 17.3. The monoisotopic (exact) mass is 412 g/mol. The van der Waals surface area contributed by atoms with E-state index in [2.05, 4.69) is 10.4 Å². The van der Waals surface area contributed by atoms with E-state index >= 15 is 0 Å². The summed E-state index contributed by atoms with van der Waals surface area (Å²) >= 11 is 0. The Kier molecular flexibility index (Phi) is 6.41. The third kappa shape index (κ3) is 4.62. The number of methoxy groups -OCH3 is 1. The molecule has 0 atom stereocenters. The highest BCUT2D eigenvalue weighted by atomic mass is 16.5. The number of hydrogen-bond acceptors (Lipinski definition) is 6. The number of carbonyl (C=O) groups excluding carboxylic acids is 2. The molecule has 0 fully saturated rings. The van der Waals surface area contributed by atoms with Crippen LogP contribution in [0.3, 0.4) is 0 Å². The van der Waals surface area contributed by atoms with Gasteiger partial charge in [0.2, 0.25) is 0 Å². The number of aryl methyl sites for hydroxylation is 1. The number of benzene rings is 1. The van der Waals surface area contributed by atoms with Gasteiger partial charge in [0.05, 0.1) is 19.0 Å². The van der Waals surface area contributed by atoms with Gasteiger partial charge >= 0.3 is 0 Å². The molecular weight excluding hydrogens is 388 g/mol. The minimum atomic E-state index is -0.480. The van der Waals surface area contributed by atoms with Crippen LogP contribution in [-0.2, 0) is 13.2 Å². The summed E-state index contributed by atoms with van der Waals surface area (Å²) in [7, 11) is 4.86. The average molecular weight is 412 g/mol. The third-order valence-corrected chi connectivity index (χ3v) is 4.30. The number of anilines is 1. The van der Waals surface area contributed by atoms with Crippen molar-refractivity contribution in [2.75, 3.05) is 26.5 Å². The highest BCUT2D eigenvalue weighted by molar-refractivity contribution is 6.07. The number of aromatic nitrogens is 2. The largest absolute Gasteiger partial charge is 0.497 e. The van der Waals surface area contributed by atoms with E-state index < -0.39 is 5.91 Å². The van der Waals surface area contributed by atoms with Gasteiger partial charge in [0, 0.05) is 26.7 Å². The van der Waals surface area contributed by atoms with Crippen molar-refractivity contribution >= 4 is 17.5 Å². The van der Waals surface area contributed by atoms with E-state index in [0.29, 0.717) is 35.2 Å². The quantitative estimate of drug-likeness (QED) is 0.611. The van der Waals surface area contributed by atoms with Crippen LogP contribution < -0.4 is 14.8 Å². The lowest BCUT2D eigenvalue weighted by Crippen LogP contribution is -2.26. The molecule has 0 aliphatic rings. The normalized spacial score (nSPS) is 10.5. The van der Waals surface area contributed by atoms with Crippen molar-refractivity contribution in [1.29, 1.82) is 0 Å². The van der Waals surface area contributed by atoms with E-state index in [0.717, 1.165) is 0 Å². The summed E-state index contributed by atoms with van der Waals surface area (Å²) in [6, 6.07) is 10.4. The Hall–Kier alpha value is -3.75. The molecular formula is C21H24N4O5. The minimum absolute atomic E-state index is 0.103. The summed E-state index contributed by atoms with van der Waals surface area (Å²) in [4.78, 5) is 26.5. The van der Waals surface area contributed by atoms with Gasteiger partial charge in [-0.15, -0.1) is 0 Å². The number of amides is 2. The van der Waals surface area contributed by atoms with Crippen molar-refractivity contribution in [3.63, 3.8) is 0 Å². The molecule has 2 aromatic heterocycles. The van der Waals surface area contributed by atoms with Gasteiger partial charge in [0.15, 0.2) is 5.76 Å². The lowest BCUT2D eigenvalue weighted by molar-refractivity contribution is 0.0816. The first-order valence-electron chi connectivity index (χ1n) is 9.37. The van der Waals surface area contributed by atoms with Gasteiger partial charge in [0.25, 0.3) is 11.8 Å². The summed E-state index contributed by atoms with van der Waals surface area (Å²) in [6.45, 7) is 2.52. The first kappa shape index (κ1) is 21.0. The molecule has 0 spiro atoms. The minimum Gasteiger partial charge on any atom is -0.497 e. The van der Waals surface area contributed by atoms with Crippen LogP contribution in [0.5, 0.6) is 11.5 Å². The molecule has 9 heteroatoms. The number of hydrogen-bond donors (Lipinski definition) is 1. The molecule has 0 saturated heterocycles. The highest BCUT2D eigenvalue weighted by Crippen LogP contribution is 2.21. The molecule has 2 heterocycles. The SMILES string of the molecule is CCn1ncc(NC(=O)c2ccc(COc3cccc(OC)c3)o2)c1C(=O)N(C)C. The fraction of sp³-hybridized carbons (Fsp3) is 0.286. The van der Waals surface area contributed by atoms with Crippen LogP contribution in [0.2, 0.25) is 0 Å². The highest BCUT2D eigenvalue weighted by Gasteiger charge is 2.22. The van der Waals surface area contributed by atoms with Crippen LogP contribution in [0, 0.1) is 0 Å². The number of nitrogens with one attached hydrogen (secondary N) is 1. The second-order valence-electron chi connectivity index (χ2n) is 6.61. The molecule has 0 aliphatic carbocycles. The number of furan rings is 1. The maximum absolute atomic E-state index is 12.6. The molecule has 1 N–H and O–H groups in total. The predicted octanol–water partition coefficient (Wildman–Crippen LogP) is 3.04. The first-order chi connectivity index (χ1) is 14.4. The maximum atomic E-state index is 12.6. The van der Waals surface area contributed by atoms with E-state index in [9.17, 15) is 9.59 Å². The van der Waals surface area contributed by atoms with Crippen molar-refractivity contribution < 1.29 is 23.5 Å². The van der Waals surface area contributed by atoms with Crippen molar-refractivity contribution in [3.8, 4) is 11.5 Å². The molecule has 0 radical (unpaired) electrons. The Morgan fingerprint density at radius 3 is 2.67 bits per heavy atom. The Balaban J connectivity index is 1.68. The van der Waals surface area contributed by atoms with Crippen LogP contribution in [0.1, 0.15) is 33.7 Å². The van der Waals surface area contributed by atoms with Crippen molar-refractivity contribution in [1.82, 2.24) is 14.7 Å². The zero-order valence-corrected chi connectivity index (χ0v) is 17.3. The Morgan fingerprint density at radius 2 is 1.97 bits per heavy atom. The molecule has 3 aromatic rings. The first-order valence-corrected chi connectivity index (χ1v) is 9.37. The third-order valence-electron chi connectivity index (χ3n) is 4.30. The van der Waals surface area contributed by atoms with Crippen LogP contribution >= 0.6 is 0 Å². The Morgan fingerprint density at radius 1 is 1.20 bits per heavy atom. The van der Waals surface area contributed by atoms with Crippen LogP contribution in [-0.4, -0.2) is 47.7 Å². The summed E-state index contributed by atoms with van der Waals surface area (Å²) < 4.78 is 18.0. The molecule has 158 valence electrons. The molecule has 9 nitrogen and oxygen atoms in total. The van der Waals surface area contributed by atoms with E-state index in [4.69, 9.17) is 13.9 Å². The van der Waals surface area contributed by atoms with Gasteiger partial charge < -0.3 is 24.1 Å². The van der Waals surface area contributed by atoms with Crippen LogP contribution in [0.15, 0.2) is 47.0 Å². The number of nitrogens with zero attached hydrogens (tertiary/aromatic N) is 3. The summed E-state index contributed by atoms with van der Waals surface area (Å²) in [5, 5.41) is 6.86. The molecule has 3 rings (SSSR count). The van der Waals surface area contributed by atoms with Gasteiger partial charge in [-0.1, -0.05) is 6.07 Å². The van der Waals surface area contributed by atoms with E-state index in [1.165, 1.54) is 15.8 Å². The average Bonchev–Trinajstić information content (AvgIpc) is 3.38. The molecule has 0 saturated carbocycles. The lowest BCUT2D eigenvalue weighted by atomic mass is 10.3. The second kappa shape index (κ2) is 9.17. The summed E-state index contributed by atoms with van der Waals surface area (Å²) in [5.41, 5.74) is 0.634. The molecule has 30 heavy (non-hydrogen) atoms. The Bertz CT molecular complexity index is 1040. The smallest absolute Gasteiger partial charge is 0.291 e.